The number of hydrogen-bond donors (Lipinski definition) is 3. The molecule has 0 bridgehead atoms. The largest absolute Gasteiger partial charge is 0.354 e. The van der Waals surface area contributed by atoms with Crippen LogP contribution in [0.25, 0.3) is 0 Å². The monoisotopic (exact) mass is 644 g/mol. The summed E-state index contributed by atoms with van der Waals surface area (Å²) in [5, 5.41) is 6.04. The maximum atomic E-state index is 13.4. The molecule has 0 saturated heterocycles. The van der Waals surface area contributed by atoms with Gasteiger partial charge >= 0.3 is 0 Å². The van der Waals surface area contributed by atoms with Crippen LogP contribution in [0.1, 0.15) is 70.6 Å². The number of rotatable bonds is 15. The average Bonchev–Trinajstić information content (AvgIpc) is 3.14. The van der Waals surface area contributed by atoms with Gasteiger partial charge in [-0.15, -0.1) is 0 Å². The van der Waals surface area contributed by atoms with Gasteiger partial charge < -0.3 is 21.3 Å². The Labute approximate surface area is 282 Å². The molecule has 0 spiro atoms. The van der Waals surface area contributed by atoms with E-state index < -0.39 is 12.1 Å². The molecule has 48 heavy (non-hydrogen) atoms. The van der Waals surface area contributed by atoms with Gasteiger partial charge in [-0.3, -0.25) is 19.2 Å². The minimum Gasteiger partial charge on any atom is -0.354 e. The zero-order valence-corrected chi connectivity index (χ0v) is 27.2. The summed E-state index contributed by atoms with van der Waals surface area (Å²) >= 11 is 0. The number of ketones is 1. The second-order valence-electron chi connectivity index (χ2n) is 12.3. The Morgan fingerprint density at radius 3 is 1.94 bits per heavy atom. The van der Waals surface area contributed by atoms with Crippen molar-refractivity contribution in [2.45, 2.75) is 63.1 Å². The van der Waals surface area contributed by atoms with Gasteiger partial charge in [0.05, 0.1) is 6.04 Å². The van der Waals surface area contributed by atoms with Crippen LogP contribution in [0.3, 0.4) is 0 Å². The topological polar surface area (TPSA) is 122 Å². The van der Waals surface area contributed by atoms with Crippen molar-refractivity contribution >= 4 is 23.5 Å². The van der Waals surface area contributed by atoms with Gasteiger partial charge in [0, 0.05) is 50.4 Å². The van der Waals surface area contributed by atoms with Crippen LogP contribution in [-0.2, 0) is 27.3 Å². The summed E-state index contributed by atoms with van der Waals surface area (Å²) in [6.45, 7) is 1.17. The molecule has 1 aliphatic heterocycles. The summed E-state index contributed by atoms with van der Waals surface area (Å²) in [6, 6.07) is 35.6. The molecule has 0 fully saturated rings. The first kappa shape index (κ1) is 34.3. The van der Waals surface area contributed by atoms with Crippen molar-refractivity contribution in [3.8, 4) is 0 Å². The van der Waals surface area contributed by atoms with E-state index in [4.69, 9.17) is 5.73 Å². The Hall–Kier alpha value is -5.08. The zero-order valence-electron chi connectivity index (χ0n) is 27.2. The Morgan fingerprint density at radius 1 is 0.708 bits per heavy atom. The van der Waals surface area contributed by atoms with Crippen molar-refractivity contribution in [1.82, 2.24) is 15.5 Å². The Balaban J connectivity index is 1.08. The zero-order chi connectivity index (χ0) is 33.7. The van der Waals surface area contributed by atoms with Crippen LogP contribution in [0.5, 0.6) is 0 Å². The third-order valence-electron chi connectivity index (χ3n) is 9.00. The molecule has 0 unspecified atom stereocenters. The number of benzene rings is 4. The standard InChI is InChI=1S/C40H44N4O4/c41-35(39(47)43-27-34(29-14-4-1-5-15-29)30-16-6-2-7-17-30)22-12-13-25-42-40(48)36-26-32-20-10-11-21-33(32)28-44(36)38(46)24-23-37(45)31-18-8-3-9-19-31/h1-11,14-21,34-36H,12-13,22-28,41H2,(H,42,48)(H,43,47)/t35-,36-/m0/s1. The molecule has 4 aromatic carbocycles. The van der Waals surface area contributed by atoms with Gasteiger partial charge in [-0.2, -0.15) is 0 Å². The molecule has 4 N–H and O–H groups in total. The van der Waals surface area contributed by atoms with Gasteiger partial charge in [-0.05, 0) is 41.5 Å². The molecule has 248 valence electrons. The quantitative estimate of drug-likeness (QED) is 0.122. The summed E-state index contributed by atoms with van der Waals surface area (Å²) in [4.78, 5) is 53.9. The summed E-state index contributed by atoms with van der Waals surface area (Å²) in [5.74, 6) is -0.714. The average molecular weight is 645 g/mol. The number of hydrogen-bond acceptors (Lipinski definition) is 5. The number of Topliss-reactive ketones (excluding diaryl/α,β-unsaturated/α-hetero) is 1. The number of nitrogens with one attached hydrogen (secondary N) is 2. The smallest absolute Gasteiger partial charge is 0.243 e. The van der Waals surface area contributed by atoms with Crippen LogP contribution in [0, 0.1) is 0 Å². The van der Waals surface area contributed by atoms with Crippen LogP contribution >= 0.6 is 0 Å². The fourth-order valence-corrected chi connectivity index (χ4v) is 6.23. The number of amides is 3. The van der Waals surface area contributed by atoms with Crippen LogP contribution in [0.2, 0.25) is 0 Å². The van der Waals surface area contributed by atoms with Gasteiger partial charge in [0.15, 0.2) is 5.78 Å². The van der Waals surface area contributed by atoms with Crippen molar-refractivity contribution in [2.75, 3.05) is 13.1 Å². The van der Waals surface area contributed by atoms with E-state index in [1.54, 1.807) is 29.2 Å². The van der Waals surface area contributed by atoms with E-state index in [2.05, 4.69) is 34.9 Å². The molecule has 3 amide bonds. The first-order chi connectivity index (χ1) is 23.4. The number of carbonyl (C=O) groups excluding carboxylic acids is 4. The van der Waals surface area contributed by atoms with Crippen molar-refractivity contribution in [2.24, 2.45) is 5.73 Å². The number of unbranched alkanes of at least 4 members (excludes halogenated alkanes) is 1. The van der Waals surface area contributed by atoms with E-state index in [1.165, 1.54) is 0 Å². The summed E-state index contributed by atoms with van der Waals surface area (Å²) in [6.07, 6.45) is 2.33. The maximum absolute atomic E-state index is 13.4. The van der Waals surface area contributed by atoms with Gasteiger partial charge in [-0.25, -0.2) is 0 Å². The highest BCUT2D eigenvalue weighted by Crippen LogP contribution is 2.26. The lowest BCUT2D eigenvalue weighted by Crippen LogP contribution is -2.52. The van der Waals surface area contributed by atoms with Crippen molar-refractivity contribution in [3.05, 3.63) is 143 Å². The SMILES string of the molecule is N[C@@H](CCCCNC(=O)[C@@H]1Cc2ccccc2CN1C(=O)CCC(=O)c1ccccc1)C(=O)NCC(c1ccccc1)c1ccccc1. The molecule has 5 rings (SSSR count). The fraction of sp³-hybridized carbons (Fsp3) is 0.300. The number of fused-ring (bicyclic) bond motifs is 1. The van der Waals surface area contributed by atoms with Gasteiger partial charge in [0.2, 0.25) is 17.7 Å². The highest BCUT2D eigenvalue weighted by atomic mass is 16.2. The number of carbonyl (C=O) groups is 4. The number of nitrogens with two attached hydrogens (primary N) is 1. The molecule has 2 atom stereocenters. The van der Waals surface area contributed by atoms with E-state index in [1.807, 2.05) is 66.7 Å². The molecular weight excluding hydrogens is 600 g/mol. The number of nitrogens with zero attached hydrogens (tertiary/aromatic N) is 1. The molecule has 1 aliphatic rings. The predicted molar refractivity (Wildman–Crippen MR) is 187 cm³/mol. The summed E-state index contributed by atoms with van der Waals surface area (Å²) in [5.41, 5.74) is 11.1. The van der Waals surface area contributed by atoms with Crippen LogP contribution in [0.4, 0.5) is 0 Å². The lowest BCUT2D eigenvalue weighted by atomic mass is 9.91. The Bertz CT molecular complexity index is 1620. The van der Waals surface area contributed by atoms with E-state index in [0.717, 1.165) is 22.3 Å². The molecule has 1 heterocycles. The minimum absolute atomic E-state index is 0.0151. The van der Waals surface area contributed by atoms with Crippen LogP contribution in [-0.4, -0.2) is 53.6 Å². The van der Waals surface area contributed by atoms with Gasteiger partial charge in [-0.1, -0.05) is 115 Å². The Kier molecular flexibility index (Phi) is 12.3. The molecule has 4 aromatic rings. The second-order valence-corrected chi connectivity index (χ2v) is 12.3. The molecule has 8 nitrogen and oxygen atoms in total. The first-order valence-electron chi connectivity index (χ1n) is 16.8. The molecule has 0 aliphatic carbocycles. The normalized spacial score (nSPS) is 14.5. The van der Waals surface area contributed by atoms with Crippen molar-refractivity contribution in [3.63, 3.8) is 0 Å². The molecule has 0 saturated carbocycles. The maximum Gasteiger partial charge on any atom is 0.243 e. The predicted octanol–water partition coefficient (Wildman–Crippen LogP) is 5.17. The lowest BCUT2D eigenvalue weighted by molar-refractivity contribution is -0.141. The van der Waals surface area contributed by atoms with Gasteiger partial charge in [0.1, 0.15) is 6.04 Å². The van der Waals surface area contributed by atoms with Gasteiger partial charge in [0.25, 0.3) is 0 Å². The third kappa shape index (κ3) is 9.26. The molecule has 8 heteroatoms. The highest BCUT2D eigenvalue weighted by molar-refractivity contribution is 5.98. The molecule has 0 radical (unpaired) electrons. The van der Waals surface area contributed by atoms with E-state index >= 15 is 0 Å². The van der Waals surface area contributed by atoms with E-state index in [-0.39, 0.29) is 42.3 Å². The molecule has 0 aromatic heterocycles. The van der Waals surface area contributed by atoms with Crippen LogP contribution < -0.4 is 16.4 Å². The van der Waals surface area contributed by atoms with E-state index in [0.29, 0.717) is 50.9 Å². The Morgan fingerprint density at radius 2 is 1.29 bits per heavy atom. The fourth-order valence-electron chi connectivity index (χ4n) is 6.23. The van der Waals surface area contributed by atoms with Crippen molar-refractivity contribution in [1.29, 1.82) is 0 Å². The lowest BCUT2D eigenvalue weighted by Gasteiger charge is -2.36. The van der Waals surface area contributed by atoms with E-state index in [9.17, 15) is 19.2 Å². The van der Waals surface area contributed by atoms with Crippen LogP contribution in [0.15, 0.2) is 115 Å². The summed E-state index contributed by atoms with van der Waals surface area (Å²) in [7, 11) is 0. The minimum atomic E-state index is -0.658. The summed E-state index contributed by atoms with van der Waals surface area (Å²) < 4.78 is 0. The molecular formula is C40H44N4O4. The highest BCUT2D eigenvalue weighted by Gasteiger charge is 2.34. The van der Waals surface area contributed by atoms with Crippen molar-refractivity contribution < 1.29 is 19.2 Å². The second kappa shape index (κ2) is 17.2. The first-order valence-corrected chi connectivity index (χ1v) is 16.8. The third-order valence-corrected chi connectivity index (χ3v) is 9.00.